The lowest BCUT2D eigenvalue weighted by Gasteiger charge is -2.07. The van der Waals surface area contributed by atoms with E-state index in [4.69, 9.17) is 4.98 Å². The molecule has 164 valence electrons. The summed E-state index contributed by atoms with van der Waals surface area (Å²) in [7, 11) is 0. The molecule has 0 aliphatic heterocycles. The van der Waals surface area contributed by atoms with E-state index in [2.05, 4.69) is 80.7 Å². The predicted molar refractivity (Wildman–Crippen MR) is 135 cm³/mol. The van der Waals surface area contributed by atoms with Crippen LogP contribution in [0.25, 0.3) is 11.3 Å². The van der Waals surface area contributed by atoms with Crippen LogP contribution < -0.4 is 0 Å². The summed E-state index contributed by atoms with van der Waals surface area (Å²) >= 11 is 0. The molecule has 0 atom stereocenters. The molecule has 0 saturated carbocycles. The van der Waals surface area contributed by atoms with Crippen LogP contribution in [0.2, 0.25) is 0 Å². The Hall–Kier alpha value is -2.41. The number of benzene rings is 2. The fraction of sp³-hybridized carbons (Fsp3) is 0.433. The van der Waals surface area contributed by atoms with E-state index in [0.717, 1.165) is 25.0 Å². The fourth-order valence-corrected chi connectivity index (χ4v) is 4.06. The Morgan fingerprint density at radius 3 is 1.58 bits per heavy atom. The maximum Gasteiger partial charge on any atom is 0.0702 e. The largest absolute Gasteiger partial charge is 0.256 e. The highest BCUT2D eigenvalue weighted by atomic mass is 14.7. The molecule has 1 heteroatoms. The van der Waals surface area contributed by atoms with Gasteiger partial charge in [0.15, 0.2) is 0 Å². The molecule has 0 saturated heterocycles. The van der Waals surface area contributed by atoms with Crippen molar-refractivity contribution in [3.05, 3.63) is 89.1 Å². The summed E-state index contributed by atoms with van der Waals surface area (Å²) in [6, 6.07) is 22.6. The SMILES string of the molecule is CCCCCCCc1ccc(-c2ccc(CCc3ccc(CCCC)cc3)cc2)nc1. The summed E-state index contributed by atoms with van der Waals surface area (Å²) < 4.78 is 0. The van der Waals surface area contributed by atoms with E-state index in [-0.39, 0.29) is 0 Å². The molecule has 0 bridgehead atoms. The maximum atomic E-state index is 4.72. The van der Waals surface area contributed by atoms with Gasteiger partial charge < -0.3 is 0 Å². The molecule has 0 aliphatic carbocycles. The van der Waals surface area contributed by atoms with Gasteiger partial charge in [-0.1, -0.05) is 101 Å². The van der Waals surface area contributed by atoms with Crippen LogP contribution in [-0.4, -0.2) is 4.98 Å². The summed E-state index contributed by atoms with van der Waals surface area (Å²) in [5.74, 6) is 0. The third kappa shape index (κ3) is 7.98. The molecular formula is C30H39N. The van der Waals surface area contributed by atoms with Crippen molar-refractivity contribution in [2.24, 2.45) is 0 Å². The molecule has 0 spiro atoms. The second kappa shape index (κ2) is 13.1. The van der Waals surface area contributed by atoms with E-state index in [1.807, 2.05) is 0 Å². The third-order valence-electron chi connectivity index (χ3n) is 6.19. The first-order chi connectivity index (χ1) is 15.3. The molecule has 0 fully saturated rings. The van der Waals surface area contributed by atoms with Crippen LogP contribution in [0.4, 0.5) is 0 Å². The Labute approximate surface area is 190 Å². The van der Waals surface area contributed by atoms with Crippen LogP contribution in [0.1, 0.15) is 81.0 Å². The number of aryl methyl sites for hydroxylation is 4. The molecule has 2 aromatic carbocycles. The standard InChI is InChI=1S/C30H39N/c1-3-5-7-8-9-11-28-20-23-30(31-24-28)29-21-18-27(19-22-29)17-16-26-14-12-25(13-15-26)10-6-4-2/h12-15,18-24H,3-11,16-17H2,1-2H3. The Morgan fingerprint density at radius 1 is 0.484 bits per heavy atom. The van der Waals surface area contributed by atoms with Crippen molar-refractivity contribution in [1.82, 2.24) is 4.98 Å². The van der Waals surface area contributed by atoms with Gasteiger partial charge in [-0.05, 0) is 66.8 Å². The van der Waals surface area contributed by atoms with Crippen molar-refractivity contribution in [2.75, 3.05) is 0 Å². The molecule has 31 heavy (non-hydrogen) atoms. The van der Waals surface area contributed by atoms with Crippen LogP contribution >= 0.6 is 0 Å². The molecule has 0 amide bonds. The first-order valence-corrected chi connectivity index (χ1v) is 12.4. The van der Waals surface area contributed by atoms with E-state index in [9.17, 15) is 0 Å². The second-order valence-corrected chi connectivity index (χ2v) is 8.83. The average molecular weight is 414 g/mol. The molecule has 0 unspecified atom stereocenters. The Kier molecular flexibility index (Phi) is 9.83. The lowest BCUT2D eigenvalue weighted by Crippen LogP contribution is -1.93. The van der Waals surface area contributed by atoms with Crippen LogP contribution in [-0.2, 0) is 25.7 Å². The number of nitrogens with zero attached hydrogens (tertiary/aromatic N) is 1. The summed E-state index contributed by atoms with van der Waals surface area (Å²) in [5, 5.41) is 0. The van der Waals surface area contributed by atoms with Crippen molar-refractivity contribution in [2.45, 2.75) is 84.5 Å². The highest BCUT2D eigenvalue weighted by Crippen LogP contribution is 2.20. The van der Waals surface area contributed by atoms with E-state index < -0.39 is 0 Å². The molecule has 0 aliphatic rings. The Balaban J connectivity index is 1.47. The van der Waals surface area contributed by atoms with Crippen molar-refractivity contribution in [3.63, 3.8) is 0 Å². The van der Waals surface area contributed by atoms with Gasteiger partial charge in [0, 0.05) is 11.8 Å². The minimum absolute atomic E-state index is 1.07. The van der Waals surface area contributed by atoms with Crippen LogP contribution in [0.5, 0.6) is 0 Å². The molecular weight excluding hydrogens is 374 g/mol. The normalized spacial score (nSPS) is 11.0. The minimum atomic E-state index is 1.07. The van der Waals surface area contributed by atoms with Crippen molar-refractivity contribution in [1.29, 1.82) is 0 Å². The van der Waals surface area contributed by atoms with E-state index in [1.165, 1.54) is 79.2 Å². The quantitative estimate of drug-likeness (QED) is 0.256. The zero-order chi connectivity index (χ0) is 21.7. The highest BCUT2D eigenvalue weighted by molar-refractivity contribution is 5.59. The maximum absolute atomic E-state index is 4.72. The van der Waals surface area contributed by atoms with Crippen LogP contribution in [0.15, 0.2) is 66.9 Å². The first kappa shape index (κ1) is 23.3. The minimum Gasteiger partial charge on any atom is -0.256 e. The number of hydrogen-bond donors (Lipinski definition) is 0. The van der Waals surface area contributed by atoms with Gasteiger partial charge in [-0.3, -0.25) is 4.98 Å². The van der Waals surface area contributed by atoms with Gasteiger partial charge in [0.1, 0.15) is 0 Å². The smallest absolute Gasteiger partial charge is 0.0702 e. The highest BCUT2D eigenvalue weighted by Gasteiger charge is 2.02. The molecule has 0 radical (unpaired) electrons. The van der Waals surface area contributed by atoms with Gasteiger partial charge in [-0.2, -0.15) is 0 Å². The third-order valence-corrected chi connectivity index (χ3v) is 6.19. The van der Waals surface area contributed by atoms with Gasteiger partial charge in [0.2, 0.25) is 0 Å². The van der Waals surface area contributed by atoms with Crippen LogP contribution in [0, 0.1) is 0 Å². The predicted octanol–water partition coefficient (Wildman–Crippen LogP) is 8.39. The average Bonchev–Trinajstić information content (AvgIpc) is 2.83. The monoisotopic (exact) mass is 413 g/mol. The van der Waals surface area contributed by atoms with Gasteiger partial charge in [-0.15, -0.1) is 0 Å². The summed E-state index contributed by atoms with van der Waals surface area (Å²) in [4.78, 5) is 4.72. The number of pyridine rings is 1. The lowest BCUT2D eigenvalue weighted by molar-refractivity contribution is 0.632. The zero-order valence-electron chi connectivity index (χ0n) is 19.6. The molecule has 3 aromatic rings. The molecule has 1 aromatic heterocycles. The number of unbranched alkanes of at least 4 members (excludes halogenated alkanes) is 5. The van der Waals surface area contributed by atoms with E-state index in [1.54, 1.807) is 0 Å². The van der Waals surface area contributed by atoms with Gasteiger partial charge in [0.05, 0.1) is 5.69 Å². The first-order valence-electron chi connectivity index (χ1n) is 12.4. The number of rotatable bonds is 13. The fourth-order valence-electron chi connectivity index (χ4n) is 4.06. The topological polar surface area (TPSA) is 12.9 Å². The van der Waals surface area contributed by atoms with Gasteiger partial charge in [0.25, 0.3) is 0 Å². The summed E-state index contributed by atoms with van der Waals surface area (Å²) in [5.41, 5.74) is 7.92. The molecule has 0 N–H and O–H groups in total. The van der Waals surface area contributed by atoms with Crippen molar-refractivity contribution >= 4 is 0 Å². The lowest BCUT2D eigenvalue weighted by atomic mass is 10.00. The second-order valence-electron chi connectivity index (χ2n) is 8.83. The van der Waals surface area contributed by atoms with Crippen LogP contribution in [0.3, 0.4) is 0 Å². The zero-order valence-corrected chi connectivity index (χ0v) is 19.6. The number of aromatic nitrogens is 1. The van der Waals surface area contributed by atoms with Crippen molar-refractivity contribution < 1.29 is 0 Å². The Bertz CT molecular complexity index is 860. The summed E-state index contributed by atoms with van der Waals surface area (Å²) in [6.45, 7) is 4.52. The van der Waals surface area contributed by atoms with E-state index >= 15 is 0 Å². The summed E-state index contributed by atoms with van der Waals surface area (Å²) in [6.07, 6.45) is 15.8. The van der Waals surface area contributed by atoms with Gasteiger partial charge >= 0.3 is 0 Å². The molecule has 3 rings (SSSR count). The Morgan fingerprint density at radius 2 is 1.00 bits per heavy atom. The van der Waals surface area contributed by atoms with Crippen molar-refractivity contribution in [3.8, 4) is 11.3 Å². The molecule has 1 nitrogen and oxygen atoms in total. The molecule has 1 heterocycles. The van der Waals surface area contributed by atoms with Gasteiger partial charge in [-0.25, -0.2) is 0 Å². The van der Waals surface area contributed by atoms with E-state index in [0.29, 0.717) is 0 Å². The number of hydrogen-bond acceptors (Lipinski definition) is 1.